The molecule has 1 aromatic carbocycles. The van der Waals surface area contributed by atoms with E-state index < -0.39 is 6.36 Å². The second-order valence-corrected chi connectivity index (χ2v) is 5.05. The molecule has 0 fully saturated rings. The van der Waals surface area contributed by atoms with E-state index in [4.69, 9.17) is 5.73 Å². The van der Waals surface area contributed by atoms with E-state index in [2.05, 4.69) is 27.2 Å². The number of halogens is 3. The number of hydrogen-bond donors (Lipinski definition) is 2. The standard InChI is InChI=1S/C15H18F3N3O/c16-15(17,18)22-13-9-5-4-8-12(13)21-14(19)20-10-11-6-2-1-3-7-11/h1-2,4-5,8-9,11H,3,6-7,10H2,(H3,19,20,21). The van der Waals surface area contributed by atoms with Gasteiger partial charge in [0.15, 0.2) is 11.7 Å². The lowest BCUT2D eigenvalue weighted by molar-refractivity contribution is -0.274. The van der Waals surface area contributed by atoms with Crippen LogP contribution in [0, 0.1) is 5.92 Å². The molecule has 1 aromatic rings. The molecule has 0 saturated heterocycles. The molecular weight excluding hydrogens is 295 g/mol. The van der Waals surface area contributed by atoms with Crippen molar-refractivity contribution in [3.8, 4) is 5.75 Å². The summed E-state index contributed by atoms with van der Waals surface area (Å²) in [6, 6.07) is 5.71. The molecule has 0 saturated carbocycles. The summed E-state index contributed by atoms with van der Waals surface area (Å²) in [5, 5.41) is 2.66. The van der Waals surface area contributed by atoms with Crippen molar-refractivity contribution < 1.29 is 17.9 Å². The Morgan fingerprint density at radius 1 is 1.32 bits per heavy atom. The number of alkyl halides is 3. The summed E-state index contributed by atoms with van der Waals surface area (Å²) in [7, 11) is 0. The van der Waals surface area contributed by atoms with Gasteiger partial charge in [0, 0.05) is 6.54 Å². The van der Waals surface area contributed by atoms with E-state index in [9.17, 15) is 13.2 Å². The van der Waals surface area contributed by atoms with Crippen molar-refractivity contribution in [1.82, 2.24) is 0 Å². The van der Waals surface area contributed by atoms with Crippen molar-refractivity contribution in [2.24, 2.45) is 16.6 Å². The third kappa shape index (κ3) is 5.31. The molecule has 1 aliphatic carbocycles. The van der Waals surface area contributed by atoms with E-state index in [1.165, 1.54) is 18.2 Å². The molecular formula is C15H18F3N3O. The number of nitrogens with one attached hydrogen (secondary N) is 1. The summed E-state index contributed by atoms with van der Waals surface area (Å²) in [4.78, 5) is 4.19. The maximum absolute atomic E-state index is 12.3. The van der Waals surface area contributed by atoms with Crippen LogP contribution in [0.5, 0.6) is 5.75 Å². The number of para-hydroxylation sites is 2. The lowest BCUT2D eigenvalue weighted by Crippen LogP contribution is -2.25. The average Bonchev–Trinajstić information content (AvgIpc) is 2.47. The van der Waals surface area contributed by atoms with Gasteiger partial charge in [-0.2, -0.15) is 0 Å². The van der Waals surface area contributed by atoms with Crippen LogP contribution in [0.25, 0.3) is 0 Å². The molecule has 22 heavy (non-hydrogen) atoms. The van der Waals surface area contributed by atoms with Crippen molar-refractivity contribution in [2.75, 3.05) is 11.9 Å². The first-order valence-corrected chi connectivity index (χ1v) is 7.01. The predicted molar refractivity (Wildman–Crippen MR) is 79.7 cm³/mol. The lowest BCUT2D eigenvalue weighted by atomic mass is 9.95. The van der Waals surface area contributed by atoms with Crippen molar-refractivity contribution in [2.45, 2.75) is 25.6 Å². The Labute approximate surface area is 126 Å². The molecule has 0 spiro atoms. The van der Waals surface area contributed by atoms with Crippen LogP contribution in [-0.4, -0.2) is 18.9 Å². The smallest absolute Gasteiger partial charge is 0.404 e. The van der Waals surface area contributed by atoms with Gasteiger partial charge in [-0.1, -0.05) is 24.3 Å². The molecule has 0 bridgehead atoms. The molecule has 2 rings (SSSR count). The van der Waals surface area contributed by atoms with Crippen molar-refractivity contribution in [3.63, 3.8) is 0 Å². The lowest BCUT2D eigenvalue weighted by Gasteiger charge is -2.16. The Hall–Kier alpha value is -2.18. The molecule has 0 radical (unpaired) electrons. The third-order valence-electron chi connectivity index (χ3n) is 3.27. The maximum Gasteiger partial charge on any atom is 0.573 e. The topological polar surface area (TPSA) is 59.6 Å². The van der Waals surface area contributed by atoms with Crippen molar-refractivity contribution >= 4 is 11.6 Å². The minimum Gasteiger partial charge on any atom is -0.404 e. The van der Waals surface area contributed by atoms with E-state index in [1.807, 2.05) is 0 Å². The van der Waals surface area contributed by atoms with Gasteiger partial charge in [-0.3, -0.25) is 4.99 Å². The molecule has 1 aliphatic rings. The number of ether oxygens (including phenoxy) is 1. The van der Waals surface area contributed by atoms with Crippen LogP contribution in [0.15, 0.2) is 41.4 Å². The first-order chi connectivity index (χ1) is 10.4. The van der Waals surface area contributed by atoms with Gasteiger partial charge in [-0.15, -0.1) is 13.2 Å². The van der Waals surface area contributed by atoms with Crippen LogP contribution in [0.2, 0.25) is 0 Å². The van der Waals surface area contributed by atoms with E-state index in [0.29, 0.717) is 12.5 Å². The van der Waals surface area contributed by atoms with Crippen LogP contribution in [0.3, 0.4) is 0 Å². The number of anilines is 1. The monoisotopic (exact) mass is 313 g/mol. The van der Waals surface area contributed by atoms with E-state index in [1.54, 1.807) is 6.07 Å². The van der Waals surface area contributed by atoms with E-state index in [0.717, 1.165) is 19.3 Å². The molecule has 0 heterocycles. The van der Waals surface area contributed by atoms with E-state index in [-0.39, 0.29) is 17.4 Å². The number of hydrogen-bond acceptors (Lipinski definition) is 2. The van der Waals surface area contributed by atoms with Gasteiger partial charge >= 0.3 is 6.36 Å². The highest BCUT2D eigenvalue weighted by Crippen LogP contribution is 2.29. The number of allylic oxidation sites excluding steroid dienone is 2. The number of benzene rings is 1. The van der Waals surface area contributed by atoms with Gasteiger partial charge in [-0.25, -0.2) is 0 Å². The second kappa shape index (κ2) is 7.20. The molecule has 120 valence electrons. The molecule has 1 unspecified atom stereocenters. The van der Waals surface area contributed by atoms with Gasteiger partial charge in [-0.05, 0) is 37.3 Å². The predicted octanol–water partition coefficient (Wildman–Crippen LogP) is 3.67. The second-order valence-electron chi connectivity index (χ2n) is 5.05. The summed E-state index contributed by atoms with van der Waals surface area (Å²) >= 11 is 0. The van der Waals surface area contributed by atoms with Gasteiger partial charge in [0.25, 0.3) is 0 Å². The number of guanidine groups is 1. The van der Waals surface area contributed by atoms with Crippen LogP contribution in [0.4, 0.5) is 18.9 Å². The first kappa shape index (κ1) is 16.2. The zero-order chi connectivity index (χ0) is 16.0. The van der Waals surface area contributed by atoms with Crippen LogP contribution < -0.4 is 15.8 Å². The Morgan fingerprint density at radius 2 is 2.09 bits per heavy atom. The fourth-order valence-electron chi connectivity index (χ4n) is 2.21. The quantitative estimate of drug-likeness (QED) is 0.506. The van der Waals surface area contributed by atoms with Crippen LogP contribution in [0.1, 0.15) is 19.3 Å². The average molecular weight is 313 g/mol. The van der Waals surface area contributed by atoms with Crippen molar-refractivity contribution in [1.29, 1.82) is 0 Å². The highest BCUT2D eigenvalue weighted by atomic mass is 19.4. The summed E-state index contributed by atoms with van der Waals surface area (Å²) in [6.45, 7) is 0.547. The van der Waals surface area contributed by atoms with Crippen molar-refractivity contribution in [3.05, 3.63) is 36.4 Å². The largest absolute Gasteiger partial charge is 0.573 e. The molecule has 3 N–H and O–H groups in total. The fourth-order valence-corrected chi connectivity index (χ4v) is 2.21. The first-order valence-electron chi connectivity index (χ1n) is 7.01. The minimum absolute atomic E-state index is 0.0766. The van der Waals surface area contributed by atoms with E-state index >= 15 is 0 Å². The van der Waals surface area contributed by atoms with Crippen LogP contribution >= 0.6 is 0 Å². The van der Waals surface area contributed by atoms with Gasteiger partial charge in [0.2, 0.25) is 0 Å². The highest BCUT2D eigenvalue weighted by molar-refractivity contribution is 5.93. The summed E-state index contributed by atoms with van der Waals surface area (Å²) in [5.41, 5.74) is 5.87. The number of nitrogens with two attached hydrogens (primary N) is 1. The molecule has 7 heteroatoms. The molecule has 0 aromatic heterocycles. The third-order valence-corrected chi connectivity index (χ3v) is 3.27. The normalized spacial score (nSPS) is 19.0. The number of nitrogens with zero attached hydrogens (tertiary/aromatic N) is 1. The zero-order valence-corrected chi connectivity index (χ0v) is 11.9. The molecule has 0 amide bonds. The van der Waals surface area contributed by atoms with Gasteiger partial charge in [0.1, 0.15) is 0 Å². The molecule has 1 atom stereocenters. The minimum atomic E-state index is -4.75. The van der Waals surface area contributed by atoms with Gasteiger partial charge < -0.3 is 15.8 Å². The maximum atomic E-state index is 12.3. The summed E-state index contributed by atoms with van der Waals surface area (Å²) in [5.74, 6) is 0.161. The Kier molecular flexibility index (Phi) is 5.30. The van der Waals surface area contributed by atoms with Gasteiger partial charge in [0.05, 0.1) is 5.69 Å². The SMILES string of the molecule is NC(=NCC1CC=CCC1)Nc1ccccc1OC(F)(F)F. The zero-order valence-electron chi connectivity index (χ0n) is 11.9. The fraction of sp³-hybridized carbons (Fsp3) is 0.400. The highest BCUT2D eigenvalue weighted by Gasteiger charge is 2.32. The summed E-state index contributed by atoms with van der Waals surface area (Å²) < 4.78 is 40.9. The molecule has 4 nitrogen and oxygen atoms in total. The Balaban J connectivity index is 1.98. The summed E-state index contributed by atoms with van der Waals surface area (Å²) in [6.07, 6.45) is 2.51. The van der Waals surface area contributed by atoms with Crippen LogP contribution in [-0.2, 0) is 0 Å². The Morgan fingerprint density at radius 3 is 2.77 bits per heavy atom. The Bertz CT molecular complexity index is 555. The number of rotatable bonds is 4. The molecule has 0 aliphatic heterocycles. The number of aliphatic imine (C=N–C) groups is 1.